The average molecular weight is 287 g/mol. The van der Waals surface area contributed by atoms with Crippen LogP contribution in [0.15, 0.2) is 35.1 Å². The molecule has 0 unspecified atom stereocenters. The summed E-state index contributed by atoms with van der Waals surface area (Å²) in [7, 11) is 3.37. The van der Waals surface area contributed by atoms with Gasteiger partial charge in [-0.1, -0.05) is 12.1 Å². The molecule has 110 valence electrons. The van der Waals surface area contributed by atoms with Crippen LogP contribution < -0.4 is 10.7 Å². The van der Waals surface area contributed by atoms with Crippen LogP contribution in [0.2, 0.25) is 0 Å². The number of esters is 1. The lowest BCUT2D eigenvalue weighted by Gasteiger charge is -2.00. The molecule has 0 bridgehead atoms. The minimum Gasteiger partial charge on any atom is -0.461 e. The summed E-state index contributed by atoms with van der Waals surface area (Å²) >= 11 is 0. The van der Waals surface area contributed by atoms with Crippen molar-refractivity contribution in [3.63, 3.8) is 0 Å². The van der Waals surface area contributed by atoms with E-state index in [4.69, 9.17) is 4.74 Å². The number of anilines is 1. The average Bonchev–Trinajstić information content (AvgIpc) is 2.74. The van der Waals surface area contributed by atoms with E-state index in [9.17, 15) is 9.59 Å². The van der Waals surface area contributed by atoms with Gasteiger partial charge in [0.15, 0.2) is 5.69 Å². The lowest BCUT2D eigenvalue weighted by molar-refractivity contribution is 0.0518. The second kappa shape index (κ2) is 6.21. The van der Waals surface area contributed by atoms with Gasteiger partial charge in [0.05, 0.1) is 18.0 Å². The molecule has 0 radical (unpaired) electrons. The Morgan fingerprint density at radius 2 is 2.10 bits per heavy atom. The van der Waals surface area contributed by atoms with Crippen LogP contribution in [-0.2, 0) is 11.8 Å². The maximum Gasteiger partial charge on any atom is 0.358 e. The summed E-state index contributed by atoms with van der Waals surface area (Å²) in [5.41, 5.74) is 1.55. The van der Waals surface area contributed by atoms with Crippen molar-refractivity contribution in [2.45, 2.75) is 6.92 Å². The van der Waals surface area contributed by atoms with E-state index in [1.54, 1.807) is 51.4 Å². The van der Waals surface area contributed by atoms with Crippen LogP contribution in [0.5, 0.6) is 0 Å². The fourth-order valence-electron chi connectivity index (χ4n) is 2.02. The van der Waals surface area contributed by atoms with Crippen LogP contribution in [0, 0.1) is 0 Å². The molecule has 1 aromatic carbocycles. The number of aromatic nitrogens is 2. The maximum atomic E-state index is 12.4. The summed E-state index contributed by atoms with van der Waals surface area (Å²) in [6.07, 6.45) is 0. The minimum atomic E-state index is -0.499. The molecule has 0 amide bonds. The predicted octanol–water partition coefficient (Wildman–Crippen LogP) is 1.67. The monoisotopic (exact) mass is 287 g/mol. The molecule has 6 nitrogen and oxygen atoms in total. The first kappa shape index (κ1) is 14.8. The zero-order chi connectivity index (χ0) is 15.4. The highest BCUT2D eigenvalue weighted by molar-refractivity contribution is 5.88. The predicted molar refractivity (Wildman–Crippen MR) is 80.4 cm³/mol. The van der Waals surface area contributed by atoms with Crippen LogP contribution >= 0.6 is 0 Å². The smallest absolute Gasteiger partial charge is 0.358 e. The Labute approximate surface area is 122 Å². The molecule has 2 rings (SSSR count). The van der Waals surface area contributed by atoms with Crippen molar-refractivity contribution >= 4 is 11.7 Å². The Morgan fingerprint density at radius 1 is 1.38 bits per heavy atom. The third-order valence-corrected chi connectivity index (χ3v) is 3.04. The van der Waals surface area contributed by atoms with Crippen LogP contribution in [0.1, 0.15) is 17.4 Å². The highest BCUT2D eigenvalue weighted by atomic mass is 16.5. The Balaban J connectivity index is 2.56. The van der Waals surface area contributed by atoms with Crippen LogP contribution in [-0.4, -0.2) is 29.4 Å². The largest absolute Gasteiger partial charge is 0.461 e. The van der Waals surface area contributed by atoms with E-state index >= 15 is 0 Å². The van der Waals surface area contributed by atoms with Gasteiger partial charge in [0.2, 0.25) is 5.43 Å². The molecule has 0 atom stereocenters. The molecule has 21 heavy (non-hydrogen) atoms. The van der Waals surface area contributed by atoms with Gasteiger partial charge in [-0.25, -0.2) is 4.79 Å². The van der Waals surface area contributed by atoms with Gasteiger partial charge >= 0.3 is 5.97 Å². The summed E-state index contributed by atoms with van der Waals surface area (Å²) < 4.78 is 6.42. The van der Waals surface area contributed by atoms with Crippen molar-refractivity contribution in [2.24, 2.45) is 7.05 Å². The number of hydrogen-bond donors (Lipinski definition) is 1. The first-order valence-electron chi connectivity index (χ1n) is 6.61. The molecule has 0 aliphatic rings. The quantitative estimate of drug-likeness (QED) is 0.866. The summed E-state index contributed by atoms with van der Waals surface area (Å²) in [6.45, 7) is 2.01. The molecular formula is C15H17N3O3. The number of hydrogen-bond acceptors (Lipinski definition) is 5. The third kappa shape index (κ3) is 2.94. The zero-order valence-corrected chi connectivity index (χ0v) is 12.2. The number of nitrogens with one attached hydrogen (secondary N) is 1. The fraction of sp³-hybridized carbons (Fsp3) is 0.267. The number of ether oxygens (including phenoxy) is 1. The summed E-state index contributed by atoms with van der Waals surface area (Å²) in [5.74, 6) is -0.499. The second-order valence-electron chi connectivity index (χ2n) is 4.38. The molecule has 1 heterocycles. The first-order chi connectivity index (χ1) is 10.1. The first-order valence-corrected chi connectivity index (χ1v) is 6.61. The topological polar surface area (TPSA) is 73.2 Å². The highest BCUT2D eigenvalue weighted by Gasteiger charge is 2.16. The lowest BCUT2D eigenvalue weighted by Crippen LogP contribution is -2.09. The van der Waals surface area contributed by atoms with Crippen LogP contribution in [0.4, 0.5) is 5.69 Å². The Hall–Kier alpha value is -2.63. The van der Waals surface area contributed by atoms with E-state index in [0.717, 1.165) is 0 Å². The van der Waals surface area contributed by atoms with E-state index in [0.29, 0.717) is 16.9 Å². The number of carbonyl (C=O) groups is 1. The third-order valence-electron chi connectivity index (χ3n) is 3.04. The Kier molecular flexibility index (Phi) is 4.37. The SMILES string of the molecule is CCOC(=O)c1cc(-c2ccccc(NC)c2=O)n(C)n1. The highest BCUT2D eigenvalue weighted by Crippen LogP contribution is 2.17. The molecule has 0 spiro atoms. The van der Waals surface area contributed by atoms with Gasteiger partial charge in [0, 0.05) is 19.7 Å². The normalized spacial score (nSPS) is 10.2. The van der Waals surface area contributed by atoms with Crippen molar-refractivity contribution in [2.75, 3.05) is 19.0 Å². The molecule has 0 saturated heterocycles. The van der Waals surface area contributed by atoms with Crippen molar-refractivity contribution in [3.05, 3.63) is 46.2 Å². The van der Waals surface area contributed by atoms with Gasteiger partial charge in [-0.15, -0.1) is 0 Å². The fourth-order valence-corrected chi connectivity index (χ4v) is 2.02. The van der Waals surface area contributed by atoms with Crippen LogP contribution in [0.25, 0.3) is 11.3 Å². The van der Waals surface area contributed by atoms with Gasteiger partial charge in [-0.2, -0.15) is 5.10 Å². The van der Waals surface area contributed by atoms with E-state index < -0.39 is 5.97 Å². The van der Waals surface area contributed by atoms with Gasteiger partial charge in [0.1, 0.15) is 0 Å². The number of nitrogens with zero attached hydrogens (tertiary/aromatic N) is 2. The molecule has 6 heteroatoms. The molecule has 2 aromatic rings. The Bertz CT molecular complexity index is 722. The Morgan fingerprint density at radius 3 is 2.76 bits per heavy atom. The van der Waals surface area contributed by atoms with Crippen molar-refractivity contribution in [1.29, 1.82) is 0 Å². The minimum absolute atomic E-state index is 0.152. The van der Waals surface area contributed by atoms with E-state index in [1.165, 1.54) is 4.68 Å². The van der Waals surface area contributed by atoms with Crippen molar-refractivity contribution in [1.82, 2.24) is 9.78 Å². The van der Waals surface area contributed by atoms with Crippen molar-refractivity contribution < 1.29 is 9.53 Å². The van der Waals surface area contributed by atoms with Gasteiger partial charge in [-0.05, 0) is 25.1 Å². The summed E-state index contributed by atoms with van der Waals surface area (Å²) in [5, 5.41) is 6.97. The summed E-state index contributed by atoms with van der Waals surface area (Å²) in [6, 6.07) is 8.52. The van der Waals surface area contributed by atoms with Gasteiger partial charge < -0.3 is 10.1 Å². The van der Waals surface area contributed by atoms with Crippen LogP contribution in [0.3, 0.4) is 0 Å². The molecule has 0 saturated carbocycles. The summed E-state index contributed by atoms with van der Waals surface area (Å²) in [4.78, 5) is 24.2. The molecule has 0 aliphatic heterocycles. The molecule has 0 fully saturated rings. The van der Waals surface area contributed by atoms with Gasteiger partial charge in [-0.3, -0.25) is 9.48 Å². The zero-order valence-electron chi connectivity index (χ0n) is 12.2. The van der Waals surface area contributed by atoms with E-state index in [1.807, 2.05) is 0 Å². The second-order valence-corrected chi connectivity index (χ2v) is 4.38. The van der Waals surface area contributed by atoms with E-state index in [-0.39, 0.29) is 17.7 Å². The van der Waals surface area contributed by atoms with E-state index in [2.05, 4.69) is 10.4 Å². The molecule has 1 aromatic heterocycles. The number of rotatable bonds is 4. The van der Waals surface area contributed by atoms with Crippen molar-refractivity contribution in [3.8, 4) is 11.3 Å². The molecular weight excluding hydrogens is 270 g/mol. The number of aryl methyl sites for hydroxylation is 1. The van der Waals surface area contributed by atoms with Gasteiger partial charge in [0.25, 0.3) is 0 Å². The number of carbonyl (C=O) groups excluding carboxylic acids is 1. The standard InChI is InChI=1S/C15H17N3O3/c1-4-21-15(20)12-9-13(18(3)17-12)10-7-5-6-8-11(16-2)14(10)19/h5-9H,4H2,1-3H3,(H,16,19). The molecule has 1 N–H and O–H groups in total. The molecule has 0 aliphatic carbocycles. The lowest BCUT2D eigenvalue weighted by atomic mass is 10.2. The maximum absolute atomic E-state index is 12.4.